The predicted octanol–water partition coefficient (Wildman–Crippen LogP) is 13.8. The van der Waals surface area contributed by atoms with Crippen LogP contribution in [0.25, 0.3) is 106 Å². The van der Waals surface area contributed by atoms with Gasteiger partial charge >= 0.3 is 0 Å². The van der Waals surface area contributed by atoms with Crippen LogP contribution in [0.5, 0.6) is 0 Å². The minimum atomic E-state index is 0.693. The molecule has 0 N–H and O–H groups in total. The van der Waals surface area contributed by atoms with Gasteiger partial charge in [0.15, 0.2) is 5.82 Å². The smallest absolute Gasteiger partial charge is 0.160 e. The Morgan fingerprint density at radius 2 is 0.946 bits per heavy atom. The van der Waals surface area contributed by atoms with Crippen LogP contribution < -0.4 is 0 Å². The molecule has 4 nitrogen and oxygen atoms in total. The number of hydrogen-bond acceptors (Lipinski definition) is 3. The third-order valence-corrected chi connectivity index (χ3v) is 10.8. The highest BCUT2D eigenvalue weighted by Crippen LogP contribution is 2.41. The molecule has 0 bridgehead atoms. The van der Waals surface area contributed by atoms with Gasteiger partial charge in [0.25, 0.3) is 0 Å². The standard InChI is InChI=1S/C52H33N3O/c1-3-13-34(14-4-1)35-25-27-37(28-26-35)52-53-45(36-15-5-2-6-16-36)33-46(54-52)39-18-11-17-38(31-39)41-21-12-23-48-51(41)43-20-7-9-22-47(43)55(48)40-29-30-50-44(32-40)42-19-8-10-24-49(42)56-50/h1-33H. The first-order valence-corrected chi connectivity index (χ1v) is 18.9. The van der Waals surface area contributed by atoms with E-state index in [4.69, 9.17) is 14.4 Å². The first-order chi connectivity index (χ1) is 27.7. The van der Waals surface area contributed by atoms with Crippen LogP contribution in [-0.4, -0.2) is 14.5 Å². The molecule has 0 amide bonds. The van der Waals surface area contributed by atoms with Crippen molar-refractivity contribution >= 4 is 43.7 Å². The van der Waals surface area contributed by atoms with Crippen molar-refractivity contribution in [3.8, 4) is 61.8 Å². The second-order valence-electron chi connectivity index (χ2n) is 14.2. The van der Waals surface area contributed by atoms with Crippen LogP contribution >= 0.6 is 0 Å². The zero-order chi connectivity index (χ0) is 37.0. The summed E-state index contributed by atoms with van der Waals surface area (Å²) < 4.78 is 8.57. The topological polar surface area (TPSA) is 43.9 Å². The number of fused-ring (bicyclic) bond motifs is 6. The van der Waals surface area contributed by atoms with Gasteiger partial charge in [-0.15, -0.1) is 0 Å². The summed E-state index contributed by atoms with van der Waals surface area (Å²) in [4.78, 5) is 10.3. The third kappa shape index (κ3) is 5.39. The van der Waals surface area contributed by atoms with Crippen molar-refractivity contribution in [2.24, 2.45) is 0 Å². The van der Waals surface area contributed by atoms with Gasteiger partial charge in [-0.2, -0.15) is 0 Å². The van der Waals surface area contributed by atoms with Crippen molar-refractivity contribution in [2.75, 3.05) is 0 Å². The van der Waals surface area contributed by atoms with Gasteiger partial charge < -0.3 is 8.98 Å². The number of rotatable bonds is 6. The van der Waals surface area contributed by atoms with E-state index in [1.165, 1.54) is 21.9 Å². The number of para-hydroxylation sites is 2. The highest BCUT2D eigenvalue weighted by atomic mass is 16.3. The number of aromatic nitrogens is 3. The fourth-order valence-corrected chi connectivity index (χ4v) is 8.16. The lowest BCUT2D eigenvalue weighted by Crippen LogP contribution is -1.96. The summed E-state index contributed by atoms with van der Waals surface area (Å²) in [6.45, 7) is 0. The Morgan fingerprint density at radius 3 is 1.77 bits per heavy atom. The SMILES string of the molecule is c1ccc(-c2ccc(-c3nc(-c4ccccc4)cc(-c4cccc(-c5cccc6c5c5ccccc5n6-c5ccc6oc7ccccc7c6c5)c4)n3)cc2)cc1. The molecule has 0 aliphatic heterocycles. The van der Waals surface area contributed by atoms with Gasteiger partial charge in [0.2, 0.25) is 0 Å². The lowest BCUT2D eigenvalue weighted by atomic mass is 9.96. The molecule has 0 radical (unpaired) electrons. The molecule has 3 heterocycles. The summed E-state index contributed by atoms with van der Waals surface area (Å²) >= 11 is 0. The van der Waals surface area contributed by atoms with E-state index in [0.717, 1.165) is 77.9 Å². The van der Waals surface area contributed by atoms with Crippen LogP contribution in [0.4, 0.5) is 0 Å². The van der Waals surface area contributed by atoms with Gasteiger partial charge in [0.05, 0.1) is 22.4 Å². The molecule has 3 aromatic heterocycles. The molecule has 262 valence electrons. The summed E-state index contributed by atoms with van der Waals surface area (Å²) in [5, 5.41) is 4.65. The van der Waals surface area contributed by atoms with Crippen molar-refractivity contribution in [1.29, 1.82) is 0 Å². The van der Waals surface area contributed by atoms with Crippen LogP contribution in [0.15, 0.2) is 205 Å². The van der Waals surface area contributed by atoms with Crippen molar-refractivity contribution in [2.45, 2.75) is 0 Å². The molecule has 11 rings (SSSR count). The van der Waals surface area contributed by atoms with Crippen LogP contribution in [0, 0.1) is 0 Å². The fourth-order valence-electron chi connectivity index (χ4n) is 8.16. The van der Waals surface area contributed by atoms with Crippen molar-refractivity contribution in [3.63, 3.8) is 0 Å². The summed E-state index contributed by atoms with van der Waals surface area (Å²) in [5.41, 5.74) is 14.6. The van der Waals surface area contributed by atoms with E-state index in [9.17, 15) is 0 Å². The Kier molecular flexibility index (Phi) is 7.46. The summed E-state index contributed by atoms with van der Waals surface area (Å²) in [7, 11) is 0. The van der Waals surface area contributed by atoms with E-state index >= 15 is 0 Å². The average molecular weight is 716 g/mol. The Hall–Kier alpha value is -7.56. The zero-order valence-corrected chi connectivity index (χ0v) is 30.3. The van der Waals surface area contributed by atoms with Crippen molar-refractivity contribution < 1.29 is 4.42 Å². The molecule has 0 saturated carbocycles. The lowest BCUT2D eigenvalue weighted by molar-refractivity contribution is 0.669. The monoisotopic (exact) mass is 715 g/mol. The van der Waals surface area contributed by atoms with Crippen molar-refractivity contribution in [1.82, 2.24) is 14.5 Å². The van der Waals surface area contributed by atoms with Gasteiger partial charge in [-0.1, -0.05) is 152 Å². The lowest BCUT2D eigenvalue weighted by Gasteiger charge is -2.12. The first kappa shape index (κ1) is 31.9. The maximum absolute atomic E-state index is 6.19. The van der Waals surface area contributed by atoms with Crippen LogP contribution in [0.3, 0.4) is 0 Å². The van der Waals surface area contributed by atoms with Gasteiger partial charge in [-0.3, -0.25) is 0 Å². The Balaban J connectivity index is 1.05. The largest absolute Gasteiger partial charge is 0.456 e. The number of hydrogen-bond donors (Lipinski definition) is 0. The van der Waals surface area contributed by atoms with E-state index in [0.29, 0.717) is 5.82 Å². The number of benzene rings is 8. The molecule has 56 heavy (non-hydrogen) atoms. The maximum Gasteiger partial charge on any atom is 0.160 e. The molecule has 0 spiro atoms. The van der Waals surface area contributed by atoms with E-state index < -0.39 is 0 Å². The third-order valence-electron chi connectivity index (χ3n) is 10.8. The molecule has 8 aromatic carbocycles. The first-order valence-electron chi connectivity index (χ1n) is 18.9. The molecular weight excluding hydrogens is 683 g/mol. The molecule has 11 aromatic rings. The average Bonchev–Trinajstić information content (AvgIpc) is 3.82. The molecule has 0 aliphatic carbocycles. The van der Waals surface area contributed by atoms with Gasteiger partial charge in [0, 0.05) is 43.9 Å². The normalized spacial score (nSPS) is 11.6. The molecule has 0 aliphatic rings. The second kappa shape index (κ2) is 13.1. The number of furan rings is 1. The minimum absolute atomic E-state index is 0.693. The number of nitrogens with zero attached hydrogens (tertiary/aromatic N) is 3. The molecule has 0 saturated heterocycles. The van der Waals surface area contributed by atoms with Crippen LogP contribution in [-0.2, 0) is 0 Å². The maximum atomic E-state index is 6.19. The highest BCUT2D eigenvalue weighted by molar-refractivity contribution is 6.16. The van der Waals surface area contributed by atoms with E-state index in [1.54, 1.807) is 0 Å². The van der Waals surface area contributed by atoms with Crippen LogP contribution in [0.1, 0.15) is 0 Å². The Labute approximate surface area is 323 Å². The summed E-state index contributed by atoms with van der Waals surface area (Å²) in [5.74, 6) is 0.693. The molecule has 0 fully saturated rings. The van der Waals surface area contributed by atoms with E-state index in [1.807, 2.05) is 24.3 Å². The van der Waals surface area contributed by atoms with E-state index in [2.05, 4.69) is 180 Å². The molecule has 4 heteroatoms. The fraction of sp³-hybridized carbons (Fsp3) is 0. The minimum Gasteiger partial charge on any atom is -0.456 e. The Bertz CT molecular complexity index is 3230. The Morgan fingerprint density at radius 1 is 0.357 bits per heavy atom. The van der Waals surface area contributed by atoms with Crippen LogP contribution in [0.2, 0.25) is 0 Å². The van der Waals surface area contributed by atoms with Crippen molar-refractivity contribution in [3.05, 3.63) is 200 Å². The second-order valence-corrected chi connectivity index (χ2v) is 14.2. The van der Waals surface area contributed by atoms with Gasteiger partial charge in [0.1, 0.15) is 11.2 Å². The van der Waals surface area contributed by atoms with Gasteiger partial charge in [-0.05, 0) is 70.8 Å². The zero-order valence-electron chi connectivity index (χ0n) is 30.3. The summed E-state index contributed by atoms with van der Waals surface area (Å²) in [6.07, 6.45) is 0. The molecular formula is C52H33N3O. The quantitative estimate of drug-likeness (QED) is 0.172. The molecule has 0 unspecified atom stereocenters. The predicted molar refractivity (Wildman–Crippen MR) is 231 cm³/mol. The molecule has 0 atom stereocenters. The van der Waals surface area contributed by atoms with E-state index in [-0.39, 0.29) is 0 Å². The summed E-state index contributed by atoms with van der Waals surface area (Å²) in [6, 6.07) is 70.3. The van der Waals surface area contributed by atoms with Gasteiger partial charge in [-0.25, -0.2) is 9.97 Å². The highest BCUT2D eigenvalue weighted by Gasteiger charge is 2.18.